The van der Waals surface area contributed by atoms with E-state index in [1.54, 1.807) is 0 Å². The fraction of sp³-hybridized carbons (Fsp3) is 0.364. The Balaban J connectivity index is 3.14. The Hall–Kier alpha value is -0.780. The summed E-state index contributed by atoms with van der Waals surface area (Å²) in [4.78, 5) is 0. The van der Waals surface area contributed by atoms with Crippen molar-refractivity contribution in [1.82, 2.24) is 0 Å². The van der Waals surface area contributed by atoms with Crippen molar-refractivity contribution in [2.45, 2.75) is 26.2 Å². The van der Waals surface area contributed by atoms with Crippen LogP contribution in [0.25, 0.3) is 0 Å². The van der Waals surface area contributed by atoms with Gasteiger partial charge in [0.2, 0.25) is 0 Å². The van der Waals surface area contributed by atoms with Crippen LogP contribution in [0.15, 0.2) is 24.3 Å². The monoisotopic (exact) mass is 147 g/mol. The van der Waals surface area contributed by atoms with E-state index in [-0.39, 0.29) is 5.41 Å². The van der Waals surface area contributed by atoms with Gasteiger partial charge in [-0.05, 0) is 30.4 Å². The molecule has 0 heterocycles. The number of benzene rings is 1. The molecule has 1 aromatic carbocycles. The molecule has 0 N–H and O–H groups in total. The lowest BCUT2D eigenvalue weighted by atomic mass is 9.84. The van der Waals surface area contributed by atoms with Crippen LogP contribution in [-0.4, -0.2) is 0 Å². The molecule has 1 rings (SSSR count). The maximum absolute atomic E-state index is 4.10. The molecule has 0 bridgehead atoms. The Morgan fingerprint density at radius 1 is 1.18 bits per heavy atom. The lowest BCUT2D eigenvalue weighted by molar-refractivity contribution is 0.660. The Bertz CT molecular complexity index is 240. The molecule has 0 amide bonds. The van der Waals surface area contributed by atoms with Gasteiger partial charge in [0, 0.05) is 0 Å². The molecule has 0 spiro atoms. The lowest BCUT2D eigenvalue weighted by Crippen LogP contribution is -2.12. The minimum atomic E-state index is 0.0331. The van der Waals surface area contributed by atoms with Gasteiger partial charge in [-0.15, -0.1) is 0 Å². The van der Waals surface area contributed by atoms with E-state index in [9.17, 15) is 0 Å². The summed E-state index contributed by atoms with van der Waals surface area (Å²) in [6.07, 6.45) is 0. The molecule has 0 aliphatic carbocycles. The van der Waals surface area contributed by atoms with Crippen LogP contribution in [0, 0.1) is 13.8 Å². The number of hydrogen-bond acceptors (Lipinski definition) is 0. The van der Waals surface area contributed by atoms with Crippen LogP contribution in [0.1, 0.15) is 25.0 Å². The Morgan fingerprint density at radius 3 is 2.09 bits per heavy atom. The van der Waals surface area contributed by atoms with Gasteiger partial charge in [0.1, 0.15) is 0 Å². The van der Waals surface area contributed by atoms with Crippen molar-refractivity contribution in [3.05, 3.63) is 42.3 Å². The van der Waals surface area contributed by atoms with Crippen molar-refractivity contribution < 1.29 is 0 Å². The summed E-state index contributed by atoms with van der Waals surface area (Å²) in [6.45, 7) is 10.5. The first-order valence-electron chi connectivity index (χ1n) is 3.93. The first-order valence-corrected chi connectivity index (χ1v) is 3.93. The van der Waals surface area contributed by atoms with Crippen LogP contribution >= 0.6 is 0 Å². The summed E-state index contributed by atoms with van der Waals surface area (Å²) < 4.78 is 0. The number of aryl methyl sites for hydroxylation is 1. The predicted octanol–water partition coefficient (Wildman–Crippen LogP) is 3.11. The van der Waals surface area contributed by atoms with E-state index >= 15 is 0 Å². The second kappa shape index (κ2) is 2.69. The van der Waals surface area contributed by atoms with Gasteiger partial charge in [0.05, 0.1) is 0 Å². The maximum Gasteiger partial charge on any atom is -0.0101 e. The average Bonchev–Trinajstić information content (AvgIpc) is 1.86. The van der Waals surface area contributed by atoms with Crippen molar-refractivity contribution in [1.29, 1.82) is 0 Å². The number of hydrogen-bond donors (Lipinski definition) is 0. The van der Waals surface area contributed by atoms with E-state index in [2.05, 4.69) is 52.0 Å². The van der Waals surface area contributed by atoms with Gasteiger partial charge in [-0.25, -0.2) is 0 Å². The van der Waals surface area contributed by atoms with Crippen LogP contribution in [0.3, 0.4) is 0 Å². The Morgan fingerprint density at radius 2 is 1.73 bits per heavy atom. The third-order valence-electron chi connectivity index (χ3n) is 1.87. The summed E-state index contributed by atoms with van der Waals surface area (Å²) in [5.74, 6) is 0. The molecule has 11 heavy (non-hydrogen) atoms. The highest BCUT2D eigenvalue weighted by atomic mass is 14.2. The SMILES string of the molecule is [CH2]C(C)(C)c1ccccc1C. The van der Waals surface area contributed by atoms with Gasteiger partial charge >= 0.3 is 0 Å². The van der Waals surface area contributed by atoms with Gasteiger partial charge in [0.25, 0.3) is 0 Å². The van der Waals surface area contributed by atoms with Crippen LogP contribution in [0.4, 0.5) is 0 Å². The molecule has 1 radical (unpaired) electrons. The first-order chi connectivity index (χ1) is 5.02. The van der Waals surface area contributed by atoms with Gasteiger partial charge < -0.3 is 0 Å². The molecule has 0 aliphatic heterocycles. The topological polar surface area (TPSA) is 0 Å². The molecule has 1 aromatic rings. The molecule has 59 valence electrons. The molecule has 0 heteroatoms. The van der Waals surface area contributed by atoms with Gasteiger partial charge in [0.15, 0.2) is 0 Å². The van der Waals surface area contributed by atoms with E-state index in [1.807, 2.05) is 0 Å². The molecule has 0 saturated heterocycles. The van der Waals surface area contributed by atoms with Crippen LogP contribution in [0.5, 0.6) is 0 Å². The van der Waals surface area contributed by atoms with E-state index in [0.717, 1.165) is 0 Å². The summed E-state index contributed by atoms with van der Waals surface area (Å²) in [5, 5.41) is 0. The third kappa shape index (κ3) is 1.83. The molecule has 0 nitrogen and oxygen atoms in total. The standard InChI is InChI=1S/C11H15/c1-9-7-5-6-8-10(9)11(2,3)4/h5-8H,2H2,1,3-4H3. The third-order valence-corrected chi connectivity index (χ3v) is 1.87. The Labute approximate surface area is 69.3 Å². The zero-order valence-corrected chi connectivity index (χ0v) is 7.52. The summed E-state index contributed by atoms with van der Waals surface area (Å²) in [5.41, 5.74) is 2.69. The van der Waals surface area contributed by atoms with Crippen molar-refractivity contribution in [2.75, 3.05) is 0 Å². The van der Waals surface area contributed by atoms with Crippen molar-refractivity contribution in [3.8, 4) is 0 Å². The van der Waals surface area contributed by atoms with Crippen molar-refractivity contribution >= 4 is 0 Å². The Kier molecular flexibility index (Phi) is 2.03. The summed E-state index contributed by atoms with van der Waals surface area (Å²) in [6, 6.07) is 8.39. The molecule has 0 saturated carbocycles. The average molecular weight is 147 g/mol. The minimum Gasteiger partial charge on any atom is -0.0620 e. The fourth-order valence-corrected chi connectivity index (χ4v) is 1.33. The molecule has 0 fully saturated rings. The highest BCUT2D eigenvalue weighted by molar-refractivity contribution is 5.32. The smallest absolute Gasteiger partial charge is 0.0101 e. The van der Waals surface area contributed by atoms with Crippen molar-refractivity contribution in [2.24, 2.45) is 0 Å². The lowest BCUT2D eigenvalue weighted by Gasteiger charge is -2.20. The maximum atomic E-state index is 4.10. The minimum absolute atomic E-state index is 0.0331. The summed E-state index contributed by atoms with van der Waals surface area (Å²) >= 11 is 0. The first kappa shape index (κ1) is 8.32. The fourth-order valence-electron chi connectivity index (χ4n) is 1.33. The zero-order valence-electron chi connectivity index (χ0n) is 7.52. The highest BCUT2D eigenvalue weighted by Gasteiger charge is 2.14. The van der Waals surface area contributed by atoms with Crippen LogP contribution in [0.2, 0.25) is 0 Å². The van der Waals surface area contributed by atoms with Gasteiger partial charge in [-0.1, -0.05) is 38.1 Å². The van der Waals surface area contributed by atoms with E-state index in [0.29, 0.717) is 0 Å². The zero-order chi connectivity index (χ0) is 8.48. The van der Waals surface area contributed by atoms with Gasteiger partial charge in [-0.2, -0.15) is 0 Å². The van der Waals surface area contributed by atoms with Crippen LogP contribution < -0.4 is 0 Å². The van der Waals surface area contributed by atoms with E-state index in [1.165, 1.54) is 11.1 Å². The van der Waals surface area contributed by atoms with Crippen molar-refractivity contribution in [3.63, 3.8) is 0 Å². The molecule has 0 unspecified atom stereocenters. The molecule has 0 atom stereocenters. The normalized spacial score (nSPS) is 11.6. The summed E-state index contributed by atoms with van der Waals surface area (Å²) in [7, 11) is 0. The van der Waals surface area contributed by atoms with E-state index in [4.69, 9.17) is 0 Å². The molecule has 0 aliphatic rings. The highest BCUT2D eigenvalue weighted by Crippen LogP contribution is 2.24. The largest absolute Gasteiger partial charge is 0.0620 e. The molecule has 0 aromatic heterocycles. The molecular formula is C11H15. The second-order valence-corrected chi connectivity index (χ2v) is 3.70. The second-order valence-electron chi connectivity index (χ2n) is 3.70. The number of rotatable bonds is 1. The van der Waals surface area contributed by atoms with Gasteiger partial charge in [-0.3, -0.25) is 0 Å². The predicted molar refractivity (Wildman–Crippen MR) is 49.6 cm³/mol. The van der Waals surface area contributed by atoms with Crippen LogP contribution in [-0.2, 0) is 5.41 Å². The molecular weight excluding hydrogens is 132 g/mol. The van der Waals surface area contributed by atoms with E-state index < -0.39 is 0 Å². The quantitative estimate of drug-likeness (QED) is 0.572.